The van der Waals surface area contributed by atoms with Gasteiger partial charge in [0.15, 0.2) is 0 Å². The summed E-state index contributed by atoms with van der Waals surface area (Å²) >= 11 is 3.38. The zero-order valence-electron chi connectivity index (χ0n) is 8.97. The molecule has 3 heteroatoms. The van der Waals surface area contributed by atoms with Crippen molar-refractivity contribution in [1.29, 1.82) is 5.26 Å². The summed E-state index contributed by atoms with van der Waals surface area (Å²) in [7, 11) is 0. The van der Waals surface area contributed by atoms with E-state index in [1.165, 1.54) is 0 Å². The molecule has 0 aliphatic heterocycles. The molecule has 0 radical (unpaired) electrons. The first-order valence-electron chi connectivity index (χ1n) is 5.09. The molecule has 2 nitrogen and oxygen atoms in total. The Morgan fingerprint density at radius 2 is 1.82 bits per heavy atom. The van der Waals surface area contributed by atoms with E-state index in [0.717, 1.165) is 15.7 Å². The number of halogens is 1. The second-order valence-corrected chi connectivity index (χ2v) is 4.33. The second-order valence-electron chi connectivity index (χ2n) is 3.42. The van der Waals surface area contributed by atoms with E-state index in [0.29, 0.717) is 5.71 Å². The van der Waals surface area contributed by atoms with Gasteiger partial charge in [-0.1, -0.05) is 46.3 Å². The predicted molar refractivity (Wildman–Crippen MR) is 72.4 cm³/mol. The minimum atomic E-state index is 0.414. The minimum Gasteiger partial charge on any atom is -0.237 e. The van der Waals surface area contributed by atoms with Crippen molar-refractivity contribution >= 4 is 27.3 Å². The molecule has 2 aromatic rings. The molecule has 82 valence electrons. The van der Waals surface area contributed by atoms with Crippen molar-refractivity contribution in [3.05, 3.63) is 64.6 Å². The van der Waals surface area contributed by atoms with E-state index < -0.39 is 0 Å². The maximum atomic E-state index is 9.14. The fourth-order valence-corrected chi connectivity index (χ4v) is 1.82. The molecule has 0 spiro atoms. The number of hydrogen-bond donors (Lipinski definition) is 0. The molecule has 0 fully saturated rings. The topological polar surface area (TPSA) is 36.1 Å². The zero-order valence-corrected chi connectivity index (χ0v) is 10.6. The number of nitrogens with zero attached hydrogens (tertiary/aromatic N) is 2. The highest BCUT2D eigenvalue weighted by Crippen LogP contribution is 2.16. The van der Waals surface area contributed by atoms with Crippen LogP contribution in [-0.2, 0) is 0 Å². The number of para-hydroxylation sites is 1. The molecule has 0 N–H and O–H groups in total. The lowest BCUT2D eigenvalue weighted by molar-refractivity contribution is 1.47. The fourth-order valence-electron chi connectivity index (χ4n) is 1.42. The number of rotatable bonds is 2. The average Bonchev–Trinajstić information content (AvgIpc) is 2.37. The van der Waals surface area contributed by atoms with Crippen LogP contribution in [0, 0.1) is 11.3 Å². The Kier molecular flexibility index (Phi) is 3.69. The molecule has 2 aromatic carbocycles. The van der Waals surface area contributed by atoms with Gasteiger partial charge in [0, 0.05) is 10.0 Å². The molecule has 0 saturated carbocycles. The van der Waals surface area contributed by atoms with Crippen LogP contribution in [0.5, 0.6) is 0 Å². The van der Waals surface area contributed by atoms with E-state index >= 15 is 0 Å². The first-order chi connectivity index (χ1) is 8.29. The van der Waals surface area contributed by atoms with Gasteiger partial charge in [-0.15, -0.1) is 0 Å². The Labute approximate surface area is 108 Å². The molecule has 0 bridgehead atoms. The number of hydrogen-bond acceptors (Lipinski definition) is 2. The third-order valence-corrected chi connectivity index (χ3v) is 2.69. The van der Waals surface area contributed by atoms with Crippen LogP contribution < -0.4 is 0 Å². The summed E-state index contributed by atoms with van der Waals surface area (Å²) < 4.78 is 0.936. The van der Waals surface area contributed by atoms with Gasteiger partial charge < -0.3 is 0 Å². The van der Waals surface area contributed by atoms with Crippen molar-refractivity contribution in [2.75, 3.05) is 0 Å². The average molecular weight is 285 g/mol. The van der Waals surface area contributed by atoms with Gasteiger partial charge in [-0.3, -0.25) is 0 Å². The summed E-state index contributed by atoms with van der Waals surface area (Å²) in [5.41, 5.74) is 2.01. The first kappa shape index (κ1) is 11.6. The predicted octanol–water partition coefficient (Wildman–Crippen LogP) is 4.09. The van der Waals surface area contributed by atoms with Gasteiger partial charge in [0.25, 0.3) is 0 Å². The van der Waals surface area contributed by atoms with Gasteiger partial charge in [-0.2, -0.15) is 5.26 Å². The fraction of sp³-hybridized carbons (Fsp3) is 0. The summed E-state index contributed by atoms with van der Waals surface area (Å²) in [5.74, 6) is 0. The van der Waals surface area contributed by atoms with Crippen LogP contribution >= 0.6 is 15.9 Å². The Bertz CT molecular complexity index is 583. The SMILES string of the molecule is N#CC(=Nc1ccccc1)c1cccc(Br)c1. The van der Waals surface area contributed by atoms with Crippen molar-refractivity contribution in [2.24, 2.45) is 4.99 Å². The van der Waals surface area contributed by atoms with Gasteiger partial charge >= 0.3 is 0 Å². The number of nitriles is 1. The molecule has 2 rings (SSSR count). The Balaban J connectivity index is 2.42. The third-order valence-electron chi connectivity index (χ3n) is 2.20. The van der Waals surface area contributed by atoms with Crippen LogP contribution in [0.1, 0.15) is 5.56 Å². The van der Waals surface area contributed by atoms with Crippen molar-refractivity contribution < 1.29 is 0 Å². The number of aliphatic imine (C=N–C) groups is 1. The van der Waals surface area contributed by atoms with Crippen molar-refractivity contribution in [3.8, 4) is 6.07 Å². The molecular weight excluding hydrogens is 276 g/mol. The maximum Gasteiger partial charge on any atom is 0.148 e. The molecule has 0 amide bonds. The minimum absolute atomic E-state index is 0.414. The largest absolute Gasteiger partial charge is 0.237 e. The van der Waals surface area contributed by atoms with Crippen molar-refractivity contribution in [2.45, 2.75) is 0 Å². The van der Waals surface area contributed by atoms with Crippen LogP contribution in [0.2, 0.25) is 0 Å². The molecule has 0 saturated heterocycles. The zero-order chi connectivity index (χ0) is 12.1. The van der Waals surface area contributed by atoms with E-state index in [1.807, 2.05) is 54.6 Å². The Morgan fingerprint density at radius 3 is 2.47 bits per heavy atom. The lowest BCUT2D eigenvalue weighted by Gasteiger charge is -1.99. The van der Waals surface area contributed by atoms with Gasteiger partial charge in [0.05, 0.1) is 5.69 Å². The molecule has 0 heterocycles. The maximum absolute atomic E-state index is 9.14. The van der Waals surface area contributed by atoms with Crippen molar-refractivity contribution in [3.63, 3.8) is 0 Å². The highest BCUT2D eigenvalue weighted by molar-refractivity contribution is 9.10. The number of benzene rings is 2. The summed E-state index contributed by atoms with van der Waals surface area (Å²) in [6.07, 6.45) is 0. The van der Waals surface area contributed by atoms with Gasteiger partial charge in [-0.05, 0) is 24.3 Å². The van der Waals surface area contributed by atoms with Gasteiger partial charge in [0.1, 0.15) is 11.8 Å². The van der Waals surface area contributed by atoms with E-state index in [2.05, 4.69) is 27.0 Å². The smallest absolute Gasteiger partial charge is 0.148 e. The molecule has 0 aliphatic carbocycles. The highest BCUT2D eigenvalue weighted by Gasteiger charge is 2.02. The molecule has 0 aliphatic rings. The van der Waals surface area contributed by atoms with Crippen LogP contribution in [0.4, 0.5) is 5.69 Å². The normalized spacial score (nSPS) is 10.9. The summed E-state index contributed by atoms with van der Waals surface area (Å²) in [6.45, 7) is 0. The van der Waals surface area contributed by atoms with Gasteiger partial charge in [-0.25, -0.2) is 4.99 Å². The Morgan fingerprint density at radius 1 is 1.06 bits per heavy atom. The second kappa shape index (κ2) is 5.42. The molecule has 0 atom stereocenters. The molecular formula is C14H9BrN2. The highest BCUT2D eigenvalue weighted by atomic mass is 79.9. The molecule has 0 aromatic heterocycles. The molecule has 0 unspecified atom stereocenters. The van der Waals surface area contributed by atoms with E-state index in [1.54, 1.807) is 0 Å². The van der Waals surface area contributed by atoms with Crippen LogP contribution in [-0.4, -0.2) is 5.71 Å². The molecule has 17 heavy (non-hydrogen) atoms. The van der Waals surface area contributed by atoms with Crippen LogP contribution in [0.25, 0.3) is 0 Å². The van der Waals surface area contributed by atoms with Crippen molar-refractivity contribution in [1.82, 2.24) is 0 Å². The lowest BCUT2D eigenvalue weighted by atomic mass is 10.1. The van der Waals surface area contributed by atoms with E-state index in [-0.39, 0.29) is 0 Å². The Hall–Kier alpha value is -1.92. The third kappa shape index (κ3) is 3.02. The monoisotopic (exact) mass is 284 g/mol. The summed E-state index contributed by atoms with van der Waals surface area (Å²) in [6, 6.07) is 19.1. The van der Waals surface area contributed by atoms with E-state index in [9.17, 15) is 0 Å². The summed E-state index contributed by atoms with van der Waals surface area (Å²) in [5, 5.41) is 9.14. The van der Waals surface area contributed by atoms with Gasteiger partial charge in [0.2, 0.25) is 0 Å². The lowest BCUT2D eigenvalue weighted by Crippen LogP contribution is -1.96. The quantitative estimate of drug-likeness (QED) is 0.765. The van der Waals surface area contributed by atoms with Crippen LogP contribution in [0.15, 0.2) is 64.1 Å². The van der Waals surface area contributed by atoms with Crippen LogP contribution in [0.3, 0.4) is 0 Å². The first-order valence-corrected chi connectivity index (χ1v) is 5.88. The standard InChI is InChI=1S/C14H9BrN2/c15-12-6-4-5-11(9-12)14(10-16)17-13-7-2-1-3-8-13/h1-9H. The summed E-state index contributed by atoms with van der Waals surface area (Å²) in [4.78, 5) is 4.32. The van der Waals surface area contributed by atoms with E-state index in [4.69, 9.17) is 5.26 Å².